The first-order valence-electron chi connectivity index (χ1n) is 7.11. The molecule has 23 heavy (non-hydrogen) atoms. The number of alkyl halides is 3. The predicted molar refractivity (Wildman–Crippen MR) is 79.4 cm³/mol. The number of nitrogens with one attached hydrogen (secondary N) is 1. The van der Waals surface area contributed by atoms with Crippen LogP contribution in [0.5, 0.6) is 0 Å². The molecule has 0 aliphatic heterocycles. The fraction of sp³-hybridized carbons (Fsp3) is 0.375. The zero-order valence-electron chi connectivity index (χ0n) is 12.7. The van der Waals surface area contributed by atoms with E-state index < -0.39 is 11.7 Å². The molecule has 1 aromatic carbocycles. The van der Waals surface area contributed by atoms with E-state index in [1.165, 1.54) is 24.3 Å². The van der Waals surface area contributed by atoms with Crippen molar-refractivity contribution in [2.75, 3.05) is 13.2 Å². The Morgan fingerprint density at radius 1 is 1.22 bits per heavy atom. The number of halogens is 3. The van der Waals surface area contributed by atoms with Crippen LogP contribution >= 0.6 is 0 Å². The van der Waals surface area contributed by atoms with Gasteiger partial charge in [0.15, 0.2) is 0 Å². The lowest BCUT2D eigenvalue weighted by Gasteiger charge is -2.06. The third kappa shape index (κ3) is 7.49. The monoisotopic (exact) mass is 329 g/mol. The first kappa shape index (κ1) is 18.7. The number of carbonyl (C=O) groups is 2. The minimum atomic E-state index is -4.38. The summed E-state index contributed by atoms with van der Waals surface area (Å²) in [6.45, 7) is 2.35. The van der Waals surface area contributed by atoms with Crippen LogP contribution in [0.25, 0.3) is 6.08 Å². The molecule has 0 spiro atoms. The van der Waals surface area contributed by atoms with Crippen molar-refractivity contribution in [3.8, 4) is 0 Å². The second-order valence-corrected chi connectivity index (χ2v) is 4.65. The van der Waals surface area contributed by atoms with Crippen molar-refractivity contribution >= 4 is 18.0 Å². The predicted octanol–water partition coefficient (Wildman–Crippen LogP) is 3.18. The number of benzene rings is 1. The summed E-state index contributed by atoms with van der Waals surface area (Å²) >= 11 is 0. The minimum Gasteiger partial charge on any atom is -0.466 e. The normalized spacial score (nSPS) is 11.5. The first-order chi connectivity index (χ1) is 10.8. The van der Waals surface area contributed by atoms with Crippen LogP contribution in [0.3, 0.4) is 0 Å². The van der Waals surface area contributed by atoms with E-state index in [2.05, 4.69) is 5.32 Å². The SMILES string of the molecule is CCOC(=O)CCCNC(=O)/C=C/c1ccc(C(F)(F)F)cc1. The van der Waals surface area contributed by atoms with Crippen molar-refractivity contribution in [2.45, 2.75) is 25.9 Å². The van der Waals surface area contributed by atoms with Crippen LogP contribution in [0.15, 0.2) is 30.3 Å². The Bertz CT molecular complexity index is 551. The maximum absolute atomic E-state index is 12.4. The van der Waals surface area contributed by atoms with E-state index in [-0.39, 0.29) is 18.3 Å². The van der Waals surface area contributed by atoms with Gasteiger partial charge in [0, 0.05) is 19.0 Å². The molecular weight excluding hydrogens is 311 g/mol. The molecule has 0 heterocycles. The molecule has 0 saturated heterocycles. The average molecular weight is 329 g/mol. The topological polar surface area (TPSA) is 55.4 Å². The van der Waals surface area contributed by atoms with Crippen LogP contribution in [-0.2, 0) is 20.5 Å². The minimum absolute atomic E-state index is 0.219. The van der Waals surface area contributed by atoms with Gasteiger partial charge >= 0.3 is 12.1 Å². The second-order valence-electron chi connectivity index (χ2n) is 4.65. The summed E-state index contributed by atoms with van der Waals surface area (Å²) < 4.78 is 41.9. The maximum Gasteiger partial charge on any atom is 0.416 e. The van der Waals surface area contributed by atoms with Crippen LogP contribution in [0.2, 0.25) is 0 Å². The molecule has 0 aliphatic carbocycles. The number of esters is 1. The Morgan fingerprint density at radius 3 is 2.43 bits per heavy atom. The second kappa shape index (κ2) is 8.97. The smallest absolute Gasteiger partial charge is 0.416 e. The standard InChI is InChI=1S/C16H18F3NO3/c1-2-23-15(22)4-3-11-20-14(21)10-7-12-5-8-13(9-6-12)16(17,18)19/h5-10H,2-4,11H2,1H3,(H,20,21)/b10-7+. The van der Waals surface area contributed by atoms with E-state index in [0.29, 0.717) is 25.1 Å². The van der Waals surface area contributed by atoms with E-state index in [0.717, 1.165) is 12.1 Å². The molecular formula is C16H18F3NO3. The molecule has 0 aliphatic rings. The summed E-state index contributed by atoms with van der Waals surface area (Å²) in [5, 5.41) is 2.57. The molecule has 7 heteroatoms. The summed E-state index contributed by atoms with van der Waals surface area (Å²) in [6, 6.07) is 4.48. The highest BCUT2D eigenvalue weighted by Gasteiger charge is 2.29. The zero-order valence-corrected chi connectivity index (χ0v) is 12.7. The van der Waals surface area contributed by atoms with E-state index in [9.17, 15) is 22.8 Å². The Kier molecular flexibility index (Phi) is 7.31. The molecule has 0 saturated carbocycles. The lowest BCUT2D eigenvalue weighted by atomic mass is 10.1. The summed E-state index contributed by atoms with van der Waals surface area (Å²) in [5.74, 6) is -0.698. The molecule has 0 fully saturated rings. The Balaban J connectivity index is 2.36. The Hall–Kier alpha value is -2.31. The number of rotatable bonds is 7. The van der Waals surface area contributed by atoms with Gasteiger partial charge in [0.2, 0.25) is 5.91 Å². The largest absolute Gasteiger partial charge is 0.466 e. The van der Waals surface area contributed by atoms with Gasteiger partial charge in [-0.05, 0) is 37.1 Å². The van der Waals surface area contributed by atoms with Gasteiger partial charge in [0.1, 0.15) is 0 Å². The van der Waals surface area contributed by atoms with E-state index in [4.69, 9.17) is 4.74 Å². The van der Waals surface area contributed by atoms with Gasteiger partial charge in [-0.25, -0.2) is 0 Å². The molecule has 1 aromatic rings. The molecule has 0 aromatic heterocycles. The summed E-state index contributed by atoms with van der Waals surface area (Å²) in [6.07, 6.45) is -1.05. The summed E-state index contributed by atoms with van der Waals surface area (Å²) in [5.41, 5.74) is -0.252. The van der Waals surface area contributed by atoms with Gasteiger partial charge in [-0.2, -0.15) is 13.2 Å². The Labute approximate surface area is 132 Å². The fourth-order valence-corrected chi connectivity index (χ4v) is 1.69. The third-order valence-corrected chi connectivity index (χ3v) is 2.83. The van der Waals surface area contributed by atoms with Crippen LogP contribution in [0.4, 0.5) is 13.2 Å². The van der Waals surface area contributed by atoms with Crippen LogP contribution in [0, 0.1) is 0 Å². The molecule has 126 valence electrons. The third-order valence-electron chi connectivity index (χ3n) is 2.83. The molecule has 1 rings (SSSR count). The molecule has 0 unspecified atom stereocenters. The van der Waals surface area contributed by atoms with Crippen molar-refractivity contribution in [2.24, 2.45) is 0 Å². The number of ether oxygens (including phenoxy) is 1. The Morgan fingerprint density at radius 2 is 1.87 bits per heavy atom. The molecule has 4 nitrogen and oxygen atoms in total. The lowest BCUT2D eigenvalue weighted by Crippen LogP contribution is -2.22. The zero-order chi connectivity index (χ0) is 17.3. The van der Waals surface area contributed by atoms with E-state index in [1.807, 2.05) is 0 Å². The number of hydrogen-bond acceptors (Lipinski definition) is 3. The van der Waals surface area contributed by atoms with Crippen molar-refractivity contribution in [3.63, 3.8) is 0 Å². The van der Waals surface area contributed by atoms with Crippen LogP contribution in [-0.4, -0.2) is 25.0 Å². The highest BCUT2D eigenvalue weighted by atomic mass is 19.4. The van der Waals surface area contributed by atoms with Crippen molar-refractivity contribution in [1.82, 2.24) is 5.32 Å². The van der Waals surface area contributed by atoms with E-state index >= 15 is 0 Å². The van der Waals surface area contributed by atoms with Crippen molar-refractivity contribution in [3.05, 3.63) is 41.5 Å². The van der Waals surface area contributed by atoms with Gasteiger partial charge in [-0.1, -0.05) is 12.1 Å². The molecule has 0 atom stereocenters. The molecule has 0 bridgehead atoms. The highest BCUT2D eigenvalue weighted by molar-refractivity contribution is 5.91. The van der Waals surface area contributed by atoms with Gasteiger partial charge < -0.3 is 10.1 Å². The average Bonchev–Trinajstić information content (AvgIpc) is 2.49. The number of amides is 1. The lowest BCUT2D eigenvalue weighted by molar-refractivity contribution is -0.143. The van der Waals surface area contributed by atoms with Gasteiger partial charge in [-0.3, -0.25) is 9.59 Å². The van der Waals surface area contributed by atoms with E-state index in [1.54, 1.807) is 6.92 Å². The maximum atomic E-state index is 12.4. The van der Waals surface area contributed by atoms with Gasteiger partial charge in [-0.15, -0.1) is 0 Å². The molecule has 1 N–H and O–H groups in total. The molecule has 0 radical (unpaired) electrons. The van der Waals surface area contributed by atoms with Gasteiger partial charge in [0.05, 0.1) is 12.2 Å². The quantitative estimate of drug-likeness (QED) is 0.475. The molecule has 1 amide bonds. The van der Waals surface area contributed by atoms with Crippen LogP contribution in [0.1, 0.15) is 30.9 Å². The fourth-order valence-electron chi connectivity index (χ4n) is 1.69. The number of hydrogen-bond donors (Lipinski definition) is 1. The highest BCUT2D eigenvalue weighted by Crippen LogP contribution is 2.29. The first-order valence-corrected chi connectivity index (χ1v) is 7.11. The number of carbonyl (C=O) groups excluding carboxylic acids is 2. The van der Waals surface area contributed by atoms with Gasteiger partial charge in [0.25, 0.3) is 0 Å². The van der Waals surface area contributed by atoms with Crippen molar-refractivity contribution < 1.29 is 27.5 Å². The van der Waals surface area contributed by atoms with Crippen LogP contribution < -0.4 is 5.32 Å². The van der Waals surface area contributed by atoms with Crippen molar-refractivity contribution in [1.29, 1.82) is 0 Å². The summed E-state index contributed by atoms with van der Waals surface area (Å²) in [7, 11) is 0. The summed E-state index contributed by atoms with van der Waals surface area (Å²) in [4.78, 5) is 22.6.